The van der Waals surface area contributed by atoms with Gasteiger partial charge in [-0.2, -0.15) is 0 Å². The van der Waals surface area contributed by atoms with E-state index in [1.54, 1.807) is 6.20 Å². The number of pyridine rings is 1. The number of hydrogen-bond acceptors (Lipinski definition) is 3. The summed E-state index contributed by atoms with van der Waals surface area (Å²) in [5.41, 5.74) is 2.24. The zero-order valence-electron chi connectivity index (χ0n) is 20.6. The van der Waals surface area contributed by atoms with Crippen LogP contribution >= 0.6 is 0 Å². The van der Waals surface area contributed by atoms with Gasteiger partial charge in [0, 0.05) is 12.6 Å². The molecule has 0 spiro atoms. The molecule has 178 valence electrons. The van der Waals surface area contributed by atoms with Crippen LogP contribution in [0.1, 0.15) is 96.7 Å². The second kappa shape index (κ2) is 8.20. The van der Waals surface area contributed by atoms with Crippen molar-refractivity contribution >= 4 is 11.0 Å². The van der Waals surface area contributed by atoms with Crippen molar-refractivity contribution in [3.05, 3.63) is 34.5 Å². The molecule has 2 aromatic rings. The summed E-state index contributed by atoms with van der Waals surface area (Å²) in [4.78, 5) is 24.2. The minimum absolute atomic E-state index is 0.103. The molecule has 4 fully saturated rings. The van der Waals surface area contributed by atoms with E-state index in [4.69, 9.17) is 0 Å². The molecule has 0 bridgehead atoms. The van der Waals surface area contributed by atoms with Crippen molar-refractivity contribution in [2.24, 2.45) is 40.4 Å². The number of nitrogens with zero attached hydrogens (tertiary/aromatic N) is 2. The highest BCUT2D eigenvalue weighted by atomic mass is 16.1. The van der Waals surface area contributed by atoms with Crippen LogP contribution in [0.5, 0.6) is 0 Å². The monoisotopic (exact) mass is 447 g/mol. The number of rotatable bonds is 4. The van der Waals surface area contributed by atoms with Crippen LogP contribution < -0.4 is 5.56 Å². The molecule has 2 heterocycles. The van der Waals surface area contributed by atoms with Crippen LogP contribution in [0, 0.1) is 40.4 Å². The summed E-state index contributed by atoms with van der Waals surface area (Å²) < 4.78 is 0. The summed E-state index contributed by atoms with van der Waals surface area (Å²) in [7, 11) is 0. The second-order valence-electron chi connectivity index (χ2n) is 12.5. The van der Waals surface area contributed by atoms with E-state index in [0.717, 1.165) is 48.3 Å². The number of aryl methyl sites for hydroxylation is 1. The molecule has 4 aliphatic rings. The molecule has 4 heteroatoms. The van der Waals surface area contributed by atoms with Gasteiger partial charge in [0.1, 0.15) is 5.82 Å². The van der Waals surface area contributed by atoms with Gasteiger partial charge in [-0.3, -0.25) is 4.79 Å². The van der Waals surface area contributed by atoms with E-state index in [2.05, 4.69) is 28.8 Å². The van der Waals surface area contributed by atoms with Gasteiger partial charge in [-0.05, 0) is 117 Å². The van der Waals surface area contributed by atoms with Crippen LogP contribution in [-0.2, 0) is 6.42 Å². The van der Waals surface area contributed by atoms with Gasteiger partial charge in [0.2, 0.25) is 0 Å². The molecule has 7 atom stereocenters. The third-order valence-corrected chi connectivity index (χ3v) is 11.3. The van der Waals surface area contributed by atoms with E-state index >= 15 is 0 Å². The Hall–Kier alpha value is -1.71. The molecule has 2 aromatic heterocycles. The number of aromatic amines is 1. The average molecular weight is 448 g/mol. The fourth-order valence-electron chi connectivity index (χ4n) is 9.54. The van der Waals surface area contributed by atoms with Crippen molar-refractivity contribution in [1.29, 1.82) is 0 Å². The van der Waals surface area contributed by atoms with Crippen molar-refractivity contribution in [1.82, 2.24) is 15.0 Å². The van der Waals surface area contributed by atoms with Gasteiger partial charge < -0.3 is 4.98 Å². The van der Waals surface area contributed by atoms with Crippen molar-refractivity contribution in [3.8, 4) is 0 Å². The molecule has 33 heavy (non-hydrogen) atoms. The summed E-state index contributed by atoms with van der Waals surface area (Å²) in [6.07, 6.45) is 19.7. The molecular weight excluding hydrogens is 406 g/mol. The Kier molecular flexibility index (Phi) is 5.42. The lowest BCUT2D eigenvalue weighted by atomic mass is 9.45. The highest BCUT2D eigenvalue weighted by Crippen LogP contribution is 2.67. The quantitative estimate of drug-likeness (QED) is 0.568. The molecule has 1 N–H and O–H groups in total. The van der Waals surface area contributed by atoms with Crippen LogP contribution in [0.2, 0.25) is 0 Å². The number of nitrogens with one attached hydrogen (secondary N) is 1. The molecule has 0 radical (unpaired) electrons. The molecule has 7 unspecified atom stereocenters. The maximum absolute atomic E-state index is 12.4. The molecule has 6 rings (SSSR count). The third-order valence-electron chi connectivity index (χ3n) is 11.3. The summed E-state index contributed by atoms with van der Waals surface area (Å²) in [5, 5.41) is 0. The van der Waals surface area contributed by atoms with Crippen molar-refractivity contribution < 1.29 is 0 Å². The fourth-order valence-corrected chi connectivity index (χ4v) is 9.54. The van der Waals surface area contributed by atoms with E-state index in [1.165, 1.54) is 70.6 Å². The summed E-state index contributed by atoms with van der Waals surface area (Å²) >= 11 is 0. The van der Waals surface area contributed by atoms with E-state index in [-0.39, 0.29) is 5.56 Å². The Morgan fingerprint density at radius 2 is 1.88 bits per heavy atom. The van der Waals surface area contributed by atoms with Crippen molar-refractivity contribution in [2.75, 3.05) is 0 Å². The predicted octanol–water partition coefficient (Wildman–Crippen LogP) is 6.69. The van der Waals surface area contributed by atoms with Crippen LogP contribution in [0.4, 0.5) is 0 Å². The van der Waals surface area contributed by atoms with Crippen LogP contribution in [-0.4, -0.2) is 15.0 Å². The lowest BCUT2D eigenvalue weighted by Crippen LogP contribution is -2.52. The highest BCUT2D eigenvalue weighted by molar-refractivity contribution is 5.72. The van der Waals surface area contributed by atoms with E-state index < -0.39 is 0 Å². The zero-order chi connectivity index (χ0) is 22.6. The SMILES string of the molecule is CC12CCCCC1CCC1C2CCC2(C)C(CCCc3nc4cccnc4c(=O)[nH]3)CCC12. The smallest absolute Gasteiger partial charge is 0.277 e. The number of hydrogen-bond donors (Lipinski definition) is 1. The summed E-state index contributed by atoms with van der Waals surface area (Å²) in [6, 6.07) is 3.75. The van der Waals surface area contributed by atoms with Gasteiger partial charge in [0.15, 0.2) is 5.52 Å². The fraction of sp³-hybridized carbons (Fsp3) is 0.759. The maximum atomic E-state index is 12.4. The average Bonchev–Trinajstić information content (AvgIpc) is 3.15. The highest BCUT2D eigenvalue weighted by Gasteiger charge is 2.59. The molecule has 0 aliphatic heterocycles. The Bertz CT molecular complexity index is 1080. The van der Waals surface area contributed by atoms with E-state index in [9.17, 15) is 4.79 Å². The largest absolute Gasteiger partial charge is 0.309 e. The predicted molar refractivity (Wildman–Crippen MR) is 133 cm³/mol. The topological polar surface area (TPSA) is 58.6 Å². The van der Waals surface area contributed by atoms with Gasteiger partial charge in [-0.25, -0.2) is 9.97 Å². The van der Waals surface area contributed by atoms with Crippen LogP contribution in [0.15, 0.2) is 23.1 Å². The molecule has 4 nitrogen and oxygen atoms in total. The first-order chi connectivity index (χ1) is 16.0. The lowest BCUT2D eigenvalue weighted by Gasteiger charge is -2.60. The minimum Gasteiger partial charge on any atom is -0.309 e. The second-order valence-corrected chi connectivity index (χ2v) is 12.5. The van der Waals surface area contributed by atoms with Gasteiger partial charge in [0.05, 0.1) is 5.52 Å². The maximum Gasteiger partial charge on any atom is 0.277 e. The number of fused-ring (bicyclic) bond motifs is 6. The molecule has 0 aromatic carbocycles. The van der Waals surface area contributed by atoms with E-state index in [1.807, 2.05) is 12.1 Å². The first kappa shape index (κ1) is 21.8. The van der Waals surface area contributed by atoms with Gasteiger partial charge in [-0.1, -0.05) is 26.7 Å². The molecule has 4 aliphatic carbocycles. The van der Waals surface area contributed by atoms with Gasteiger partial charge in [-0.15, -0.1) is 0 Å². The Labute approximate surface area is 198 Å². The molecule has 4 saturated carbocycles. The first-order valence-corrected chi connectivity index (χ1v) is 13.8. The number of H-pyrrole nitrogens is 1. The van der Waals surface area contributed by atoms with Gasteiger partial charge >= 0.3 is 0 Å². The minimum atomic E-state index is -0.103. The van der Waals surface area contributed by atoms with Crippen molar-refractivity contribution in [2.45, 2.75) is 97.3 Å². The summed E-state index contributed by atoms with van der Waals surface area (Å²) in [5.74, 6) is 5.61. The summed E-state index contributed by atoms with van der Waals surface area (Å²) in [6.45, 7) is 5.35. The van der Waals surface area contributed by atoms with E-state index in [0.29, 0.717) is 21.9 Å². The Balaban J connectivity index is 1.13. The standard InChI is InChI=1S/C29H41N3O/c1-28-16-4-3-7-19(28)11-13-21-22-14-12-20(29(22,2)17-15-23(21)28)8-5-10-25-31-24-9-6-18-30-26(24)27(33)32-25/h6,9,18-23H,3-5,7-8,10-17H2,1-2H3,(H,31,32,33). The first-order valence-electron chi connectivity index (χ1n) is 13.8. The Morgan fingerprint density at radius 1 is 1.00 bits per heavy atom. The number of aromatic nitrogens is 3. The molecule has 0 amide bonds. The lowest BCUT2D eigenvalue weighted by molar-refractivity contribution is -0.111. The van der Waals surface area contributed by atoms with Gasteiger partial charge in [0.25, 0.3) is 5.56 Å². The molecule has 0 saturated heterocycles. The molecular formula is C29H41N3O. The van der Waals surface area contributed by atoms with Crippen LogP contribution in [0.3, 0.4) is 0 Å². The Morgan fingerprint density at radius 3 is 2.79 bits per heavy atom. The normalized spacial score (nSPS) is 40.2. The van der Waals surface area contributed by atoms with Crippen LogP contribution in [0.25, 0.3) is 11.0 Å². The van der Waals surface area contributed by atoms with Crippen molar-refractivity contribution in [3.63, 3.8) is 0 Å². The third kappa shape index (κ3) is 3.49. The zero-order valence-corrected chi connectivity index (χ0v) is 20.6.